The summed E-state index contributed by atoms with van der Waals surface area (Å²) >= 11 is 0. The van der Waals surface area contributed by atoms with Crippen molar-refractivity contribution < 1.29 is 0 Å². The molecule has 0 radical (unpaired) electrons. The van der Waals surface area contributed by atoms with E-state index in [-0.39, 0.29) is 0 Å². The van der Waals surface area contributed by atoms with E-state index in [1.165, 1.54) is 43.1 Å². The number of fused-ring (bicyclic) bond motifs is 1. The zero-order valence-corrected chi connectivity index (χ0v) is 12.2. The molecule has 0 spiro atoms. The van der Waals surface area contributed by atoms with Crippen LogP contribution in [0.5, 0.6) is 0 Å². The first kappa shape index (κ1) is 13.4. The van der Waals surface area contributed by atoms with Crippen LogP contribution in [0.25, 0.3) is 10.9 Å². The van der Waals surface area contributed by atoms with Gasteiger partial charge >= 0.3 is 0 Å². The molecule has 1 aliphatic rings. The Hall–Kier alpha value is -1.61. The highest BCUT2D eigenvalue weighted by atomic mass is 15.2. The van der Waals surface area contributed by atoms with Crippen LogP contribution in [0.3, 0.4) is 0 Å². The Bertz CT molecular complexity index is 588. The Balaban J connectivity index is 1.98. The summed E-state index contributed by atoms with van der Waals surface area (Å²) in [4.78, 5) is 7.18. The van der Waals surface area contributed by atoms with E-state index in [4.69, 9.17) is 10.7 Å². The number of benzene rings is 1. The molecule has 20 heavy (non-hydrogen) atoms. The second kappa shape index (κ2) is 5.80. The third-order valence-electron chi connectivity index (χ3n) is 4.49. The lowest BCUT2D eigenvalue weighted by Crippen LogP contribution is -2.34. The molecule has 0 aliphatic heterocycles. The molecule has 0 atom stereocenters. The molecule has 1 aromatic carbocycles. The van der Waals surface area contributed by atoms with Gasteiger partial charge in [0.05, 0.1) is 5.52 Å². The van der Waals surface area contributed by atoms with E-state index in [1.54, 1.807) is 0 Å². The minimum atomic E-state index is 0.564. The smallest absolute Gasteiger partial charge is 0.129 e. The zero-order valence-electron chi connectivity index (χ0n) is 12.2. The molecule has 1 saturated carbocycles. The largest absolute Gasteiger partial charge is 0.357 e. The van der Waals surface area contributed by atoms with Crippen LogP contribution in [-0.2, 0) is 6.54 Å². The summed E-state index contributed by atoms with van der Waals surface area (Å²) < 4.78 is 0. The number of nitrogens with zero attached hydrogens (tertiary/aromatic N) is 2. The highest BCUT2D eigenvalue weighted by Crippen LogP contribution is 2.28. The van der Waals surface area contributed by atoms with Crippen LogP contribution in [0.2, 0.25) is 0 Å². The fraction of sp³-hybridized carbons (Fsp3) is 0.471. The molecule has 1 heterocycles. The monoisotopic (exact) mass is 269 g/mol. The number of hydrogen-bond acceptors (Lipinski definition) is 3. The Labute approximate surface area is 120 Å². The molecule has 3 rings (SSSR count). The predicted molar refractivity (Wildman–Crippen MR) is 84.9 cm³/mol. The van der Waals surface area contributed by atoms with E-state index < -0.39 is 0 Å². The van der Waals surface area contributed by atoms with Gasteiger partial charge in [-0.1, -0.05) is 37.5 Å². The van der Waals surface area contributed by atoms with Gasteiger partial charge in [0.1, 0.15) is 5.82 Å². The van der Waals surface area contributed by atoms with Gasteiger partial charge < -0.3 is 10.6 Å². The average molecular weight is 269 g/mol. The Morgan fingerprint density at radius 1 is 1.20 bits per heavy atom. The van der Waals surface area contributed by atoms with Gasteiger partial charge in [-0.05, 0) is 30.5 Å². The van der Waals surface area contributed by atoms with Crippen LogP contribution < -0.4 is 10.6 Å². The summed E-state index contributed by atoms with van der Waals surface area (Å²) in [6.45, 7) is 0.564. The highest BCUT2D eigenvalue weighted by Gasteiger charge is 2.19. The van der Waals surface area contributed by atoms with Crippen LogP contribution in [0.1, 0.15) is 37.7 Å². The van der Waals surface area contributed by atoms with Gasteiger partial charge in [-0.3, -0.25) is 0 Å². The quantitative estimate of drug-likeness (QED) is 0.927. The first-order valence-corrected chi connectivity index (χ1v) is 7.61. The van der Waals surface area contributed by atoms with Crippen molar-refractivity contribution in [3.8, 4) is 0 Å². The molecule has 2 N–H and O–H groups in total. The SMILES string of the molecule is CN(c1cc(CN)c2ccccc2n1)C1CCCCC1. The van der Waals surface area contributed by atoms with Gasteiger partial charge in [0.25, 0.3) is 0 Å². The summed E-state index contributed by atoms with van der Waals surface area (Å²) in [5.74, 6) is 1.07. The molecule has 3 nitrogen and oxygen atoms in total. The minimum Gasteiger partial charge on any atom is -0.357 e. The number of aromatic nitrogens is 1. The normalized spacial score (nSPS) is 16.5. The van der Waals surface area contributed by atoms with Crippen molar-refractivity contribution in [1.82, 2.24) is 4.98 Å². The van der Waals surface area contributed by atoms with E-state index >= 15 is 0 Å². The van der Waals surface area contributed by atoms with Crippen LogP contribution in [0, 0.1) is 0 Å². The molecule has 1 aliphatic carbocycles. The van der Waals surface area contributed by atoms with Crippen molar-refractivity contribution in [2.24, 2.45) is 5.73 Å². The van der Waals surface area contributed by atoms with E-state index in [1.807, 2.05) is 12.1 Å². The lowest BCUT2D eigenvalue weighted by atomic mass is 9.94. The number of anilines is 1. The predicted octanol–water partition coefficient (Wildman–Crippen LogP) is 3.46. The fourth-order valence-corrected chi connectivity index (χ4v) is 3.24. The molecule has 1 aromatic heterocycles. The molecular formula is C17H23N3. The summed E-state index contributed by atoms with van der Waals surface area (Å²) in [5, 5.41) is 1.18. The van der Waals surface area contributed by atoms with Crippen LogP contribution >= 0.6 is 0 Å². The summed E-state index contributed by atoms with van der Waals surface area (Å²) in [6.07, 6.45) is 6.62. The van der Waals surface area contributed by atoms with Crippen LogP contribution in [0.4, 0.5) is 5.82 Å². The molecule has 3 heteroatoms. The molecule has 106 valence electrons. The maximum absolute atomic E-state index is 5.92. The van der Waals surface area contributed by atoms with Crippen molar-refractivity contribution in [2.75, 3.05) is 11.9 Å². The number of pyridine rings is 1. The van der Waals surface area contributed by atoms with Crippen molar-refractivity contribution >= 4 is 16.7 Å². The molecule has 0 unspecified atom stereocenters. The van der Waals surface area contributed by atoms with Gasteiger partial charge in [-0.2, -0.15) is 0 Å². The van der Waals surface area contributed by atoms with Crippen molar-refractivity contribution in [3.63, 3.8) is 0 Å². The Kier molecular flexibility index (Phi) is 3.88. The van der Waals surface area contributed by atoms with Gasteiger partial charge in [0.2, 0.25) is 0 Å². The van der Waals surface area contributed by atoms with Crippen LogP contribution in [-0.4, -0.2) is 18.1 Å². The van der Waals surface area contributed by atoms with Crippen molar-refractivity contribution in [1.29, 1.82) is 0 Å². The van der Waals surface area contributed by atoms with Gasteiger partial charge in [-0.25, -0.2) is 4.98 Å². The molecular weight excluding hydrogens is 246 g/mol. The third kappa shape index (κ3) is 2.50. The van der Waals surface area contributed by atoms with Gasteiger partial charge in [0.15, 0.2) is 0 Å². The summed E-state index contributed by atoms with van der Waals surface area (Å²) in [7, 11) is 2.17. The van der Waals surface area contributed by atoms with Crippen molar-refractivity contribution in [2.45, 2.75) is 44.7 Å². The van der Waals surface area contributed by atoms with E-state index in [0.717, 1.165) is 11.3 Å². The van der Waals surface area contributed by atoms with Crippen LogP contribution in [0.15, 0.2) is 30.3 Å². The number of para-hydroxylation sites is 1. The second-order valence-corrected chi connectivity index (χ2v) is 5.76. The lowest BCUT2D eigenvalue weighted by molar-refractivity contribution is 0.426. The zero-order chi connectivity index (χ0) is 13.9. The average Bonchev–Trinajstić information content (AvgIpc) is 2.54. The first-order valence-electron chi connectivity index (χ1n) is 7.61. The number of hydrogen-bond donors (Lipinski definition) is 1. The first-order chi connectivity index (χ1) is 9.79. The highest BCUT2D eigenvalue weighted by molar-refractivity contribution is 5.84. The molecule has 2 aromatic rings. The number of rotatable bonds is 3. The topological polar surface area (TPSA) is 42.1 Å². The third-order valence-corrected chi connectivity index (χ3v) is 4.49. The number of nitrogens with two attached hydrogens (primary N) is 1. The molecule has 0 amide bonds. The summed E-state index contributed by atoms with van der Waals surface area (Å²) in [6, 6.07) is 11.1. The lowest BCUT2D eigenvalue weighted by Gasteiger charge is -2.32. The molecule has 1 fully saturated rings. The second-order valence-electron chi connectivity index (χ2n) is 5.76. The molecule has 0 saturated heterocycles. The Morgan fingerprint density at radius 3 is 2.70 bits per heavy atom. The Morgan fingerprint density at radius 2 is 1.95 bits per heavy atom. The molecule has 0 bridgehead atoms. The van der Waals surface area contributed by atoms with Gasteiger partial charge in [-0.15, -0.1) is 0 Å². The maximum atomic E-state index is 5.92. The minimum absolute atomic E-state index is 0.564. The van der Waals surface area contributed by atoms with E-state index in [0.29, 0.717) is 12.6 Å². The fourth-order valence-electron chi connectivity index (χ4n) is 3.24. The standard InChI is InChI=1S/C17H23N3/c1-20(14-7-3-2-4-8-14)17-11-13(12-18)15-9-5-6-10-16(15)19-17/h5-6,9-11,14H,2-4,7-8,12,18H2,1H3. The van der Waals surface area contributed by atoms with Gasteiger partial charge in [0, 0.05) is 25.0 Å². The summed E-state index contributed by atoms with van der Waals surface area (Å²) in [5.41, 5.74) is 8.15. The van der Waals surface area contributed by atoms with Crippen molar-refractivity contribution in [3.05, 3.63) is 35.9 Å². The van der Waals surface area contributed by atoms with E-state index in [9.17, 15) is 0 Å². The maximum Gasteiger partial charge on any atom is 0.129 e. The van der Waals surface area contributed by atoms with E-state index in [2.05, 4.69) is 30.1 Å².